The van der Waals surface area contributed by atoms with Gasteiger partial charge in [0.05, 0.1) is 29.1 Å². The molecule has 3 N–H and O–H groups in total. The summed E-state index contributed by atoms with van der Waals surface area (Å²) in [5.41, 5.74) is 6.30. The Morgan fingerprint density at radius 1 is 0.933 bits per heavy atom. The van der Waals surface area contributed by atoms with Crippen molar-refractivity contribution in [1.82, 2.24) is 0 Å². The van der Waals surface area contributed by atoms with E-state index < -0.39 is 30.0 Å². The normalized spacial score (nSPS) is 12.1. The van der Waals surface area contributed by atoms with E-state index in [1.54, 1.807) is 0 Å². The molecule has 30 heavy (non-hydrogen) atoms. The van der Waals surface area contributed by atoms with Crippen molar-refractivity contribution in [2.75, 3.05) is 12.8 Å². The third kappa shape index (κ3) is 5.16. The molecule has 0 bridgehead atoms. The molecule has 0 fully saturated rings. The van der Waals surface area contributed by atoms with Gasteiger partial charge in [-0.05, 0) is 30.3 Å². The van der Waals surface area contributed by atoms with Crippen LogP contribution in [0.1, 0.15) is 0 Å². The standard InChI is InChI=1S/C17H15N3O7S2.Na/c1-27-15-8-10(5-6-14(15)18)19-20-11-7-13-12(17(9-11)29(24,25)26)3-2-4-16(13)28(21,22)23;/h2-9H,18H2,1H3,(H,21,22,23)(H,24,25,26);/q;+1/p-1. The predicted octanol–water partition coefficient (Wildman–Crippen LogP) is 0.000800. The molecular formula is C17H14N3NaO7S2. The zero-order valence-corrected chi connectivity index (χ0v) is 19.4. The van der Waals surface area contributed by atoms with Crippen molar-refractivity contribution in [1.29, 1.82) is 0 Å². The topological polar surface area (TPSA) is 172 Å². The van der Waals surface area contributed by atoms with Gasteiger partial charge in [-0.2, -0.15) is 18.6 Å². The maximum atomic E-state index is 11.8. The van der Waals surface area contributed by atoms with E-state index in [-0.39, 0.29) is 46.0 Å². The molecule has 3 aromatic carbocycles. The Balaban J connectivity index is 0.00000320. The average Bonchev–Trinajstić information content (AvgIpc) is 2.64. The first-order chi connectivity index (χ1) is 13.5. The summed E-state index contributed by atoms with van der Waals surface area (Å²) < 4.78 is 72.8. The number of nitrogens with zero attached hydrogens (tertiary/aromatic N) is 2. The molecule has 0 aliphatic rings. The third-order valence-electron chi connectivity index (χ3n) is 3.95. The molecule has 3 rings (SSSR count). The van der Waals surface area contributed by atoms with Crippen LogP contribution in [0.3, 0.4) is 0 Å². The summed E-state index contributed by atoms with van der Waals surface area (Å²) in [7, 11) is -8.25. The largest absolute Gasteiger partial charge is 1.00 e. The van der Waals surface area contributed by atoms with Gasteiger partial charge < -0.3 is 15.0 Å². The van der Waals surface area contributed by atoms with Gasteiger partial charge in [-0.3, -0.25) is 4.55 Å². The molecular weight excluding hydrogens is 445 g/mol. The Kier molecular flexibility index (Phi) is 7.24. The Morgan fingerprint density at radius 3 is 2.20 bits per heavy atom. The Labute approximate surface area is 194 Å². The fourth-order valence-electron chi connectivity index (χ4n) is 2.68. The first-order valence-corrected chi connectivity index (χ1v) is 10.7. The maximum Gasteiger partial charge on any atom is 1.00 e. The van der Waals surface area contributed by atoms with Crippen LogP contribution in [-0.4, -0.2) is 33.1 Å². The summed E-state index contributed by atoms with van der Waals surface area (Å²) >= 11 is 0. The predicted molar refractivity (Wildman–Crippen MR) is 103 cm³/mol. The van der Waals surface area contributed by atoms with Gasteiger partial charge in [0.1, 0.15) is 20.8 Å². The van der Waals surface area contributed by atoms with Crippen molar-refractivity contribution < 1.29 is 60.2 Å². The van der Waals surface area contributed by atoms with Gasteiger partial charge >= 0.3 is 29.6 Å². The second-order valence-corrected chi connectivity index (χ2v) is 8.59. The van der Waals surface area contributed by atoms with E-state index in [0.717, 1.165) is 12.1 Å². The van der Waals surface area contributed by atoms with E-state index in [2.05, 4.69) is 10.2 Å². The van der Waals surface area contributed by atoms with Crippen molar-refractivity contribution in [3.8, 4) is 5.75 Å². The molecule has 0 saturated heterocycles. The van der Waals surface area contributed by atoms with Gasteiger partial charge in [-0.15, -0.1) is 0 Å². The number of benzene rings is 3. The van der Waals surface area contributed by atoms with Crippen LogP contribution >= 0.6 is 0 Å². The molecule has 0 unspecified atom stereocenters. The van der Waals surface area contributed by atoms with Crippen molar-refractivity contribution >= 4 is 48.1 Å². The smallest absolute Gasteiger partial charge is 0.744 e. The van der Waals surface area contributed by atoms with Gasteiger partial charge in [-0.1, -0.05) is 12.1 Å². The Bertz CT molecular complexity index is 1360. The Hall–Kier alpha value is -2.06. The van der Waals surface area contributed by atoms with Gasteiger partial charge in [0.15, 0.2) is 0 Å². The van der Waals surface area contributed by atoms with E-state index >= 15 is 0 Å². The van der Waals surface area contributed by atoms with Crippen molar-refractivity contribution in [3.05, 3.63) is 48.5 Å². The summed E-state index contributed by atoms with van der Waals surface area (Å²) in [6, 6.07) is 10.2. The average molecular weight is 459 g/mol. The second kappa shape index (κ2) is 8.98. The van der Waals surface area contributed by atoms with Crippen molar-refractivity contribution in [3.63, 3.8) is 0 Å². The Morgan fingerprint density at radius 2 is 1.60 bits per heavy atom. The van der Waals surface area contributed by atoms with Crippen LogP contribution in [0.15, 0.2) is 68.6 Å². The van der Waals surface area contributed by atoms with Crippen LogP contribution < -0.4 is 40.0 Å². The minimum absolute atomic E-state index is 0. The molecule has 0 aromatic heterocycles. The summed E-state index contributed by atoms with van der Waals surface area (Å²) in [6.07, 6.45) is 0. The van der Waals surface area contributed by atoms with E-state index in [1.807, 2.05) is 0 Å². The quantitative estimate of drug-likeness (QED) is 0.232. The molecule has 0 atom stereocenters. The van der Waals surface area contributed by atoms with Crippen LogP contribution in [0.2, 0.25) is 0 Å². The minimum atomic E-state index is -4.92. The first-order valence-electron chi connectivity index (χ1n) is 7.86. The second-order valence-electron chi connectivity index (χ2n) is 5.85. The molecule has 3 aromatic rings. The van der Waals surface area contributed by atoms with E-state index in [1.165, 1.54) is 43.5 Å². The van der Waals surface area contributed by atoms with Gasteiger partial charge in [0.2, 0.25) is 0 Å². The van der Waals surface area contributed by atoms with Crippen LogP contribution in [0, 0.1) is 0 Å². The number of hydrogen-bond acceptors (Lipinski definition) is 9. The number of hydrogen-bond donors (Lipinski definition) is 2. The molecule has 0 spiro atoms. The summed E-state index contributed by atoms with van der Waals surface area (Å²) in [4.78, 5) is -1.25. The number of rotatable bonds is 5. The maximum absolute atomic E-state index is 11.8. The fourth-order valence-corrected chi connectivity index (χ4v) is 4.09. The van der Waals surface area contributed by atoms with E-state index in [9.17, 15) is 25.9 Å². The zero-order valence-electron chi connectivity index (χ0n) is 15.8. The van der Waals surface area contributed by atoms with Crippen LogP contribution in [-0.2, 0) is 20.2 Å². The van der Waals surface area contributed by atoms with Crippen LogP contribution in [0.5, 0.6) is 5.75 Å². The molecule has 0 heterocycles. The van der Waals surface area contributed by atoms with Crippen molar-refractivity contribution in [2.45, 2.75) is 9.79 Å². The van der Waals surface area contributed by atoms with Crippen molar-refractivity contribution in [2.24, 2.45) is 10.2 Å². The fraction of sp³-hybridized carbons (Fsp3) is 0.0588. The SMILES string of the molecule is COc1cc(N=Nc2cc(S(=O)(=O)O)c3cccc(S(=O)(=O)[O-])c3c2)ccc1N.[Na+]. The van der Waals surface area contributed by atoms with Crippen LogP contribution in [0.25, 0.3) is 10.8 Å². The number of nitrogens with two attached hydrogens (primary N) is 1. The first kappa shape index (κ1) is 24.2. The molecule has 10 nitrogen and oxygen atoms in total. The number of azo groups is 1. The number of ether oxygens (including phenoxy) is 1. The number of methoxy groups -OCH3 is 1. The minimum Gasteiger partial charge on any atom is -0.744 e. The zero-order chi connectivity index (χ0) is 21.4. The number of fused-ring (bicyclic) bond motifs is 1. The van der Waals surface area contributed by atoms with E-state index in [0.29, 0.717) is 17.1 Å². The van der Waals surface area contributed by atoms with Gasteiger partial charge in [0.25, 0.3) is 10.1 Å². The molecule has 0 amide bonds. The summed E-state index contributed by atoms with van der Waals surface area (Å²) in [5, 5.41) is 7.47. The van der Waals surface area contributed by atoms with Crippen LogP contribution in [0.4, 0.5) is 17.1 Å². The molecule has 0 aliphatic carbocycles. The summed E-state index contributed by atoms with van der Waals surface area (Å²) in [5.74, 6) is 0.346. The molecule has 0 aliphatic heterocycles. The number of anilines is 1. The molecule has 152 valence electrons. The third-order valence-corrected chi connectivity index (χ3v) is 5.74. The number of nitrogen functional groups attached to an aromatic ring is 1. The molecule has 0 radical (unpaired) electrons. The van der Waals surface area contributed by atoms with Gasteiger partial charge in [0, 0.05) is 16.8 Å². The molecule has 13 heteroatoms. The monoisotopic (exact) mass is 459 g/mol. The molecule has 0 saturated carbocycles. The summed E-state index contributed by atoms with van der Waals surface area (Å²) in [6.45, 7) is 0. The van der Waals surface area contributed by atoms with Gasteiger partial charge in [-0.25, -0.2) is 8.42 Å². The van der Waals surface area contributed by atoms with E-state index in [4.69, 9.17) is 10.5 Å².